The van der Waals surface area contributed by atoms with Crippen LogP contribution >= 0.6 is 0 Å². The maximum absolute atomic E-state index is 15.5. The summed E-state index contributed by atoms with van der Waals surface area (Å²) in [5.41, 5.74) is -1.08. The second-order valence-corrected chi connectivity index (χ2v) is 28.2. The number of halogens is 39. The Morgan fingerprint density at radius 1 is 0.162 bits per heavy atom. The number of unbranched alkanes of at least 4 members (excludes halogenated alkanes) is 18. The molecule has 4 aromatic rings. The molecule has 0 heterocycles. The van der Waals surface area contributed by atoms with Gasteiger partial charge in [0.25, 0.3) is 0 Å². The third kappa shape index (κ3) is 19.6. The van der Waals surface area contributed by atoms with Gasteiger partial charge in [0.05, 0.1) is 0 Å². The molecule has 0 bridgehead atoms. The van der Waals surface area contributed by atoms with E-state index in [-0.39, 0.29) is 111 Å². The van der Waals surface area contributed by atoms with Crippen molar-refractivity contribution in [3.05, 3.63) is 69.8 Å². The van der Waals surface area contributed by atoms with Crippen LogP contribution in [0.2, 0.25) is 0 Å². The van der Waals surface area contributed by atoms with Crippen LogP contribution in [0.1, 0.15) is 228 Å². The van der Waals surface area contributed by atoms with Gasteiger partial charge in [-0.2, -0.15) is 171 Å². The lowest BCUT2D eigenvalue weighted by molar-refractivity contribution is -0.440. The van der Waals surface area contributed by atoms with Gasteiger partial charge >= 0.3 is 107 Å². The van der Waals surface area contributed by atoms with Crippen molar-refractivity contribution < 1.29 is 171 Å². The van der Waals surface area contributed by atoms with Gasteiger partial charge in [0, 0.05) is 19.3 Å². The third-order valence-electron chi connectivity index (χ3n) is 19.8. The van der Waals surface area contributed by atoms with Crippen molar-refractivity contribution in [3.63, 3.8) is 0 Å². The molecule has 0 fully saturated rings. The maximum Gasteiger partial charge on any atom is 0.460 e. The van der Waals surface area contributed by atoms with E-state index in [1.165, 1.54) is 12.1 Å². The van der Waals surface area contributed by atoms with E-state index in [0.29, 0.717) is 70.6 Å². The zero-order valence-electron chi connectivity index (χ0n) is 59.5. The Hall–Kier alpha value is -5.07. The number of rotatable bonds is 48. The van der Waals surface area contributed by atoms with Crippen LogP contribution in [0.25, 0.3) is 32.3 Å². The molecular formula is C72H81F39. The third-order valence-corrected chi connectivity index (χ3v) is 19.8. The minimum Gasteiger partial charge on any atom is -0.200 e. The predicted molar refractivity (Wildman–Crippen MR) is 335 cm³/mol. The quantitative estimate of drug-likeness (QED) is 0.0235. The van der Waals surface area contributed by atoms with Crippen LogP contribution in [-0.4, -0.2) is 107 Å². The lowest BCUT2D eigenvalue weighted by Gasteiger charge is -2.39. The monoisotopic (exact) mass is 1690 g/mol. The molecule has 0 aliphatic rings. The van der Waals surface area contributed by atoms with Gasteiger partial charge in [-0.3, -0.25) is 0 Å². The first-order valence-electron chi connectivity index (χ1n) is 35.6. The van der Waals surface area contributed by atoms with Crippen molar-refractivity contribution in [2.24, 2.45) is 0 Å². The van der Waals surface area contributed by atoms with Gasteiger partial charge in [0.15, 0.2) is 0 Å². The predicted octanol–water partition coefficient (Wildman–Crippen LogP) is 30.2. The summed E-state index contributed by atoms with van der Waals surface area (Å²) < 4.78 is 559. The van der Waals surface area contributed by atoms with Crippen LogP contribution in [0.15, 0.2) is 36.4 Å². The Bertz CT molecular complexity index is 3630. The van der Waals surface area contributed by atoms with E-state index in [0.717, 1.165) is 62.8 Å². The molecule has 642 valence electrons. The van der Waals surface area contributed by atoms with Crippen molar-refractivity contribution in [1.82, 2.24) is 0 Å². The average molecular weight is 1690 g/mol. The van der Waals surface area contributed by atoms with Crippen molar-refractivity contribution in [2.75, 3.05) is 0 Å². The summed E-state index contributed by atoms with van der Waals surface area (Å²) in [5, 5.41) is -1.16. The fraction of sp³-hybridized carbons (Fsp3) is 0.750. The molecule has 4 aromatic carbocycles. The van der Waals surface area contributed by atoms with Gasteiger partial charge in [-0.1, -0.05) is 173 Å². The lowest BCUT2D eigenvalue weighted by Crippen LogP contribution is -2.70. The van der Waals surface area contributed by atoms with Crippen LogP contribution in [-0.2, 0) is 38.5 Å². The molecule has 0 aliphatic heterocycles. The van der Waals surface area contributed by atoms with E-state index in [4.69, 9.17) is 0 Å². The summed E-state index contributed by atoms with van der Waals surface area (Å²) in [4.78, 5) is 0. The molecule has 39 heteroatoms. The zero-order chi connectivity index (χ0) is 85.5. The van der Waals surface area contributed by atoms with Crippen molar-refractivity contribution in [1.29, 1.82) is 0 Å². The van der Waals surface area contributed by atoms with Gasteiger partial charge in [-0.15, -0.1) is 0 Å². The summed E-state index contributed by atoms with van der Waals surface area (Å²) in [7, 11) is 0. The van der Waals surface area contributed by atoms with Gasteiger partial charge in [0.2, 0.25) is 0 Å². The molecular weight excluding hydrogens is 1610 g/mol. The Balaban J connectivity index is 2.21. The minimum absolute atomic E-state index is 0.00724. The van der Waals surface area contributed by atoms with Crippen molar-refractivity contribution in [2.45, 2.75) is 340 Å². The molecule has 111 heavy (non-hydrogen) atoms. The summed E-state index contributed by atoms with van der Waals surface area (Å²) in [6.45, 7) is 5.55. The number of alkyl halides is 39. The topological polar surface area (TPSA) is 0 Å². The van der Waals surface area contributed by atoms with Crippen molar-refractivity contribution >= 4 is 32.3 Å². The Labute approximate surface area is 612 Å². The van der Waals surface area contributed by atoms with Crippen molar-refractivity contribution in [3.8, 4) is 0 Å². The smallest absolute Gasteiger partial charge is 0.200 e. The second-order valence-electron chi connectivity index (χ2n) is 28.2. The molecule has 0 amide bonds. The molecule has 0 saturated carbocycles. The van der Waals surface area contributed by atoms with Crippen LogP contribution in [0, 0.1) is 0 Å². The van der Waals surface area contributed by atoms with Crippen LogP contribution in [0.3, 0.4) is 0 Å². The highest BCUT2D eigenvalue weighted by molar-refractivity contribution is 6.26. The molecule has 0 spiro atoms. The minimum atomic E-state index is -8.31. The highest BCUT2D eigenvalue weighted by Gasteiger charge is 2.93. The van der Waals surface area contributed by atoms with Gasteiger partial charge in [0.1, 0.15) is 0 Å². The van der Waals surface area contributed by atoms with Gasteiger partial charge in [-0.05, 0) is 143 Å². The molecule has 0 radical (unpaired) electrons. The number of hydrogen-bond acceptors (Lipinski definition) is 0. The standard InChI is InChI=1S/C72H81F39/c1-4-7-10-13-16-19-22-28-43-37-49-50-38-44(29-23-20-17-14-11-8-5-2)47(32-26-35-56(75,76)59(81,82)62(87,88)65(93,94)68(99,100)71(106,107)108)41-53(50)54-42-48(33-27-36-57(77,78)60(83,84)63(89,90)66(95,96)69(101,102)72(109,110)111)45(30-24-21-18-15-12-9-6-3)39-51(54)52(49)40-46(43)31-25-34-55(73,74)58(79,80)61(85,86)64(91,92)67(97,98)70(103,104)105/h37-42H,4-36H2,1-3H3. The SMILES string of the molecule is CCCCCCCCCc1cc2c3cc(CCCCCCCCC)c(CCCC(F)(F)C(F)(F)C(F)(F)C(F)(F)C(F)(F)C(F)(F)F)cc3c3cc(CCCC(F)(F)C(F)(F)C(F)(F)C(F)(F)C(F)(F)C(F)(F)F)c(CCCCCCCCC)cc3c2cc1CCCC(F)(F)C(F)(F)C(F)(F)C(F)(F)C(F)(F)C(F)(F)F. The maximum atomic E-state index is 15.5. The van der Waals surface area contributed by atoms with E-state index in [9.17, 15) is 119 Å². The van der Waals surface area contributed by atoms with Gasteiger partial charge in [-0.25, -0.2) is 0 Å². The Kier molecular flexibility index (Phi) is 31.7. The van der Waals surface area contributed by atoms with E-state index in [2.05, 4.69) is 0 Å². The van der Waals surface area contributed by atoms with Crippen LogP contribution < -0.4 is 0 Å². The molecule has 0 nitrogen and oxygen atoms in total. The average Bonchev–Trinajstić information content (AvgIpc) is 1.09. The largest absolute Gasteiger partial charge is 0.460 e. The fourth-order valence-electron chi connectivity index (χ4n) is 13.0. The summed E-state index contributed by atoms with van der Waals surface area (Å²) >= 11 is 0. The van der Waals surface area contributed by atoms with E-state index in [1.807, 2.05) is 20.8 Å². The molecule has 4 rings (SSSR count). The van der Waals surface area contributed by atoms with E-state index < -0.39 is 165 Å². The number of hydrogen-bond donors (Lipinski definition) is 0. The van der Waals surface area contributed by atoms with E-state index in [1.54, 1.807) is 0 Å². The number of benzene rings is 4. The van der Waals surface area contributed by atoms with Crippen LogP contribution in [0.5, 0.6) is 0 Å². The first kappa shape index (κ1) is 98.3. The normalized spacial score (nSPS) is 14.9. The molecule has 0 saturated heterocycles. The first-order chi connectivity index (χ1) is 50.3. The van der Waals surface area contributed by atoms with Crippen LogP contribution in [0.4, 0.5) is 171 Å². The highest BCUT2D eigenvalue weighted by Crippen LogP contribution is 2.65. The molecule has 0 unspecified atom stereocenters. The molecule has 0 N–H and O–H groups in total. The number of fused-ring (bicyclic) bond motifs is 6. The fourth-order valence-corrected chi connectivity index (χ4v) is 13.0. The molecule has 0 aliphatic carbocycles. The number of aryl methyl sites for hydroxylation is 6. The van der Waals surface area contributed by atoms with Gasteiger partial charge < -0.3 is 0 Å². The summed E-state index contributed by atoms with van der Waals surface area (Å²) in [6.07, 6.45) is -29.7. The first-order valence-corrected chi connectivity index (χ1v) is 35.6. The Morgan fingerprint density at radius 3 is 0.450 bits per heavy atom. The lowest BCUT2D eigenvalue weighted by atomic mass is 9.83. The summed E-state index contributed by atoms with van der Waals surface area (Å²) in [5.74, 6) is -117. The Morgan fingerprint density at radius 2 is 0.297 bits per heavy atom. The zero-order valence-corrected chi connectivity index (χ0v) is 59.5. The molecule has 0 atom stereocenters. The molecule has 0 aromatic heterocycles. The summed E-state index contributed by atoms with van der Waals surface area (Å²) in [6, 6.07) is 6.74. The highest BCUT2D eigenvalue weighted by atomic mass is 19.5. The second kappa shape index (κ2) is 35.8. The van der Waals surface area contributed by atoms with E-state index >= 15 is 52.7 Å².